The van der Waals surface area contributed by atoms with Crippen molar-refractivity contribution in [2.75, 3.05) is 0 Å². The number of carbonyl (C=O) groups excluding carboxylic acids is 1. The van der Waals surface area contributed by atoms with E-state index in [0.29, 0.717) is 16.8 Å². The number of imidazole rings is 1. The van der Waals surface area contributed by atoms with Crippen LogP contribution in [0, 0.1) is 5.82 Å². The number of hydrogen-bond donors (Lipinski definition) is 2. The lowest BCUT2D eigenvalue weighted by Gasteiger charge is -2.12. The van der Waals surface area contributed by atoms with Gasteiger partial charge in [0, 0.05) is 18.9 Å². The van der Waals surface area contributed by atoms with Gasteiger partial charge in [-0.15, -0.1) is 0 Å². The second kappa shape index (κ2) is 7.72. The summed E-state index contributed by atoms with van der Waals surface area (Å²) < 4.78 is 15.7. The van der Waals surface area contributed by atoms with Gasteiger partial charge < -0.3 is 15.0 Å². The van der Waals surface area contributed by atoms with Gasteiger partial charge in [-0.25, -0.2) is 9.37 Å². The second-order valence-electron chi connectivity index (χ2n) is 5.66. The van der Waals surface area contributed by atoms with Crippen molar-refractivity contribution in [1.82, 2.24) is 14.9 Å². The van der Waals surface area contributed by atoms with E-state index in [1.165, 1.54) is 12.4 Å². The highest BCUT2D eigenvalue weighted by molar-refractivity contribution is 5.76. The number of halogens is 1. The molecular formula is C19H18FN3O2. The average Bonchev–Trinajstić information content (AvgIpc) is 3.15. The molecule has 0 aliphatic heterocycles. The number of benzene rings is 2. The minimum atomic E-state index is -0.860. The van der Waals surface area contributed by atoms with Gasteiger partial charge in [-0.05, 0) is 23.3 Å². The molecule has 0 spiro atoms. The van der Waals surface area contributed by atoms with E-state index in [1.807, 2.05) is 6.07 Å². The first-order valence-corrected chi connectivity index (χ1v) is 7.90. The van der Waals surface area contributed by atoms with Gasteiger partial charge in [0.25, 0.3) is 0 Å². The zero-order valence-corrected chi connectivity index (χ0v) is 13.5. The summed E-state index contributed by atoms with van der Waals surface area (Å²) in [4.78, 5) is 15.9. The van der Waals surface area contributed by atoms with E-state index in [9.17, 15) is 14.3 Å². The number of amides is 1. The van der Waals surface area contributed by atoms with Crippen molar-refractivity contribution >= 4 is 5.91 Å². The zero-order valence-electron chi connectivity index (χ0n) is 13.5. The van der Waals surface area contributed by atoms with Crippen molar-refractivity contribution in [2.24, 2.45) is 0 Å². The van der Waals surface area contributed by atoms with E-state index >= 15 is 0 Å². The Morgan fingerprint density at radius 1 is 1.24 bits per heavy atom. The third-order valence-corrected chi connectivity index (χ3v) is 3.85. The Balaban J connectivity index is 1.56. The molecule has 25 heavy (non-hydrogen) atoms. The second-order valence-corrected chi connectivity index (χ2v) is 5.66. The first-order chi connectivity index (χ1) is 12.1. The van der Waals surface area contributed by atoms with Crippen LogP contribution in [0.2, 0.25) is 0 Å². The maximum absolute atomic E-state index is 14.2. The molecule has 1 heterocycles. The van der Waals surface area contributed by atoms with Crippen LogP contribution < -0.4 is 5.32 Å². The van der Waals surface area contributed by atoms with Crippen LogP contribution in [-0.2, 0) is 11.3 Å². The van der Waals surface area contributed by atoms with Crippen LogP contribution in [-0.4, -0.2) is 20.6 Å². The predicted molar refractivity (Wildman–Crippen MR) is 91.4 cm³/mol. The maximum atomic E-state index is 14.2. The first kappa shape index (κ1) is 16.9. The maximum Gasteiger partial charge on any atom is 0.223 e. The minimum absolute atomic E-state index is 0.0420. The Morgan fingerprint density at radius 2 is 2.04 bits per heavy atom. The summed E-state index contributed by atoms with van der Waals surface area (Å²) in [6.45, 7) is 0.196. The molecule has 3 aromatic rings. The summed E-state index contributed by atoms with van der Waals surface area (Å²) in [5, 5.41) is 12.7. The Labute approximate surface area is 144 Å². The molecule has 0 radical (unpaired) electrons. The number of aliphatic hydroxyl groups is 1. The Hall–Kier alpha value is -2.99. The van der Waals surface area contributed by atoms with E-state index in [-0.39, 0.29) is 18.9 Å². The van der Waals surface area contributed by atoms with Crippen LogP contribution in [0.5, 0.6) is 0 Å². The highest BCUT2D eigenvalue weighted by atomic mass is 19.1. The fourth-order valence-electron chi connectivity index (χ4n) is 2.51. The minimum Gasteiger partial charge on any atom is -0.388 e. The van der Waals surface area contributed by atoms with Gasteiger partial charge >= 0.3 is 0 Å². The summed E-state index contributed by atoms with van der Waals surface area (Å²) in [6.07, 6.45) is 3.85. The largest absolute Gasteiger partial charge is 0.388 e. The van der Waals surface area contributed by atoms with Crippen molar-refractivity contribution in [1.29, 1.82) is 0 Å². The first-order valence-electron chi connectivity index (χ1n) is 7.90. The predicted octanol–water partition coefficient (Wildman–Crippen LogP) is 2.75. The highest BCUT2D eigenvalue weighted by Crippen LogP contribution is 2.17. The molecule has 2 N–H and O–H groups in total. The normalized spacial score (nSPS) is 11.9. The van der Waals surface area contributed by atoms with Crippen LogP contribution >= 0.6 is 0 Å². The number of nitrogens with zero attached hydrogens (tertiary/aromatic N) is 2. The lowest BCUT2D eigenvalue weighted by atomic mass is 10.1. The Morgan fingerprint density at radius 3 is 2.72 bits per heavy atom. The third kappa shape index (κ3) is 4.30. The molecule has 1 aromatic heterocycles. The van der Waals surface area contributed by atoms with Crippen LogP contribution in [0.25, 0.3) is 5.69 Å². The van der Waals surface area contributed by atoms with Crippen molar-refractivity contribution in [3.05, 3.63) is 84.2 Å². The van der Waals surface area contributed by atoms with Gasteiger partial charge in [0.15, 0.2) is 0 Å². The lowest BCUT2D eigenvalue weighted by Crippen LogP contribution is -2.24. The van der Waals surface area contributed by atoms with E-state index < -0.39 is 11.9 Å². The van der Waals surface area contributed by atoms with E-state index in [2.05, 4.69) is 10.3 Å². The summed E-state index contributed by atoms with van der Waals surface area (Å²) in [6, 6.07) is 13.7. The molecule has 0 bridgehead atoms. The number of nitrogens with one attached hydrogen (secondary N) is 1. The molecule has 5 nitrogen and oxygen atoms in total. The standard InChI is InChI=1S/C19H18FN3O2/c20-16-10-14(6-7-17(16)23-9-8-21-13-23)12-22-19(25)11-18(24)15-4-2-1-3-5-15/h1-10,13,18,24H,11-12H2,(H,22,25). The fraction of sp³-hybridized carbons (Fsp3) is 0.158. The van der Waals surface area contributed by atoms with Crippen molar-refractivity contribution in [3.63, 3.8) is 0 Å². The van der Waals surface area contributed by atoms with E-state index in [0.717, 1.165) is 0 Å². The Kier molecular flexibility index (Phi) is 5.20. The summed E-state index contributed by atoms with van der Waals surface area (Å²) >= 11 is 0. The van der Waals surface area contributed by atoms with E-state index in [1.54, 1.807) is 53.4 Å². The average molecular weight is 339 g/mol. The topological polar surface area (TPSA) is 67.2 Å². The Bertz CT molecular complexity index is 835. The number of carbonyl (C=O) groups is 1. The highest BCUT2D eigenvalue weighted by Gasteiger charge is 2.13. The summed E-state index contributed by atoms with van der Waals surface area (Å²) in [5.41, 5.74) is 1.73. The fourth-order valence-corrected chi connectivity index (χ4v) is 2.51. The molecule has 0 fully saturated rings. The monoisotopic (exact) mass is 339 g/mol. The molecule has 0 aliphatic carbocycles. The van der Waals surface area contributed by atoms with Gasteiger partial charge in [0.2, 0.25) is 5.91 Å². The number of aromatic nitrogens is 2. The molecule has 1 atom stereocenters. The molecule has 0 saturated carbocycles. The molecule has 2 aromatic carbocycles. The van der Waals surface area contributed by atoms with Gasteiger partial charge in [-0.3, -0.25) is 4.79 Å². The number of rotatable bonds is 6. The van der Waals surface area contributed by atoms with E-state index in [4.69, 9.17) is 0 Å². The molecule has 1 amide bonds. The summed E-state index contributed by atoms with van der Waals surface area (Å²) in [7, 11) is 0. The van der Waals surface area contributed by atoms with Crippen LogP contribution in [0.1, 0.15) is 23.7 Å². The van der Waals surface area contributed by atoms with Crippen LogP contribution in [0.15, 0.2) is 67.3 Å². The van der Waals surface area contributed by atoms with Gasteiger partial charge in [0.05, 0.1) is 24.5 Å². The van der Waals surface area contributed by atoms with Gasteiger partial charge in [-0.2, -0.15) is 0 Å². The molecular weight excluding hydrogens is 321 g/mol. The zero-order chi connectivity index (χ0) is 17.6. The lowest BCUT2D eigenvalue weighted by molar-refractivity contribution is -0.123. The molecule has 6 heteroatoms. The molecule has 0 aliphatic rings. The van der Waals surface area contributed by atoms with Crippen molar-refractivity contribution in [3.8, 4) is 5.69 Å². The smallest absolute Gasteiger partial charge is 0.223 e. The SMILES string of the molecule is O=C(CC(O)c1ccccc1)NCc1ccc(-n2ccnc2)c(F)c1. The summed E-state index contributed by atoms with van der Waals surface area (Å²) in [5.74, 6) is -0.690. The van der Waals surface area contributed by atoms with Gasteiger partial charge in [0.1, 0.15) is 5.82 Å². The molecule has 1 unspecified atom stereocenters. The molecule has 128 valence electrons. The quantitative estimate of drug-likeness (QED) is 0.726. The van der Waals surface area contributed by atoms with Crippen LogP contribution in [0.3, 0.4) is 0 Å². The van der Waals surface area contributed by atoms with Gasteiger partial charge in [-0.1, -0.05) is 36.4 Å². The number of aliphatic hydroxyl groups excluding tert-OH is 1. The van der Waals surface area contributed by atoms with Crippen molar-refractivity contribution in [2.45, 2.75) is 19.1 Å². The number of hydrogen-bond acceptors (Lipinski definition) is 3. The molecule has 0 saturated heterocycles. The third-order valence-electron chi connectivity index (χ3n) is 3.85. The molecule has 3 rings (SSSR count). The van der Waals surface area contributed by atoms with Crippen molar-refractivity contribution < 1.29 is 14.3 Å². The van der Waals surface area contributed by atoms with Crippen LogP contribution in [0.4, 0.5) is 4.39 Å².